The molecule has 200 valence electrons. The Labute approximate surface area is 227 Å². The largest absolute Gasteiger partial charge is 0.492 e. The lowest BCUT2D eigenvalue weighted by molar-refractivity contribution is 0.0697. The Morgan fingerprint density at radius 2 is 1.37 bits per heavy atom. The van der Waals surface area contributed by atoms with Gasteiger partial charge in [-0.15, -0.1) is 0 Å². The number of rotatable bonds is 8. The van der Waals surface area contributed by atoms with E-state index in [4.69, 9.17) is 4.74 Å². The summed E-state index contributed by atoms with van der Waals surface area (Å²) in [5, 5.41) is 9.44. The molecule has 38 heavy (non-hydrogen) atoms. The molecule has 0 aromatic heterocycles. The van der Waals surface area contributed by atoms with Crippen LogP contribution in [0.4, 0.5) is 0 Å². The first-order valence-corrected chi connectivity index (χ1v) is 14.1. The van der Waals surface area contributed by atoms with Gasteiger partial charge in [0, 0.05) is 12.5 Å². The molecule has 1 aliphatic carbocycles. The number of nitrogens with zero attached hydrogens (tertiary/aromatic N) is 1. The second kappa shape index (κ2) is 10.6. The molecule has 0 bridgehead atoms. The van der Waals surface area contributed by atoms with Crippen LogP contribution in [-0.2, 0) is 10.8 Å². The van der Waals surface area contributed by atoms with E-state index in [9.17, 15) is 9.90 Å². The summed E-state index contributed by atoms with van der Waals surface area (Å²) in [4.78, 5) is 14.0. The van der Waals surface area contributed by atoms with Gasteiger partial charge in [0.2, 0.25) is 0 Å². The van der Waals surface area contributed by atoms with Gasteiger partial charge >= 0.3 is 5.97 Å². The number of hydrogen-bond acceptors (Lipinski definition) is 3. The van der Waals surface area contributed by atoms with Crippen molar-refractivity contribution in [3.05, 3.63) is 100 Å². The zero-order valence-corrected chi connectivity index (χ0v) is 23.3. The summed E-state index contributed by atoms with van der Waals surface area (Å²) in [6, 6.07) is 22.8. The first-order valence-electron chi connectivity index (χ1n) is 14.1. The predicted molar refractivity (Wildman–Crippen MR) is 154 cm³/mol. The van der Waals surface area contributed by atoms with Crippen molar-refractivity contribution in [3.63, 3.8) is 0 Å². The average molecular weight is 512 g/mol. The lowest BCUT2D eigenvalue weighted by Gasteiger charge is -2.42. The van der Waals surface area contributed by atoms with E-state index in [-0.39, 0.29) is 16.7 Å². The van der Waals surface area contributed by atoms with Gasteiger partial charge in [0.15, 0.2) is 0 Å². The zero-order chi connectivity index (χ0) is 26.9. The van der Waals surface area contributed by atoms with Gasteiger partial charge in [0.25, 0.3) is 0 Å². The van der Waals surface area contributed by atoms with Gasteiger partial charge in [-0.05, 0) is 102 Å². The minimum absolute atomic E-state index is 0.00244. The van der Waals surface area contributed by atoms with Crippen molar-refractivity contribution >= 4 is 5.97 Å². The average Bonchev–Trinajstić information content (AvgIpc) is 3.42. The van der Waals surface area contributed by atoms with Gasteiger partial charge in [-0.2, -0.15) is 0 Å². The van der Waals surface area contributed by atoms with E-state index in [2.05, 4.69) is 75.1 Å². The molecule has 4 heteroatoms. The summed E-state index contributed by atoms with van der Waals surface area (Å²) >= 11 is 0. The fraction of sp³-hybridized carbons (Fsp3) is 0.441. The van der Waals surface area contributed by atoms with Crippen LogP contribution in [0.1, 0.15) is 97.5 Å². The molecular formula is C34H41NO3. The number of benzene rings is 3. The van der Waals surface area contributed by atoms with E-state index < -0.39 is 5.97 Å². The molecule has 1 aliphatic heterocycles. The molecule has 1 unspecified atom stereocenters. The number of aromatic carboxylic acids is 1. The fourth-order valence-electron chi connectivity index (χ4n) is 6.24. The van der Waals surface area contributed by atoms with Crippen LogP contribution in [0.3, 0.4) is 0 Å². The van der Waals surface area contributed by atoms with Crippen molar-refractivity contribution in [1.29, 1.82) is 0 Å². The molecule has 3 aromatic carbocycles. The molecule has 1 N–H and O–H groups in total. The quantitative estimate of drug-likeness (QED) is 0.320. The Morgan fingerprint density at radius 1 is 0.816 bits per heavy atom. The first kappa shape index (κ1) is 26.5. The Morgan fingerprint density at radius 3 is 1.97 bits per heavy atom. The number of fused-ring (bicyclic) bond motifs is 1. The second-order valence-corrected chi connectivity index (χ2v) is 12.4. The molecule has 0 amide bonds. The highest BCUT2D eigenvalue weighted by Crippen LogP contribution is 2.47. The number of hydrogen-bond donors (Lipinski definition) is 1. The number of carboxylic acid groups (broad SMARTS) is 1. The van der Waals surface area contributed by atoms with Crippen LogP contribution in [0, 0.1) is 0 Å². The lowest BCUT2D eigenvalue weighted by atomic mass is 9.62. The summed E-state index contributed by atoms with van der Waals surface area (Å²) in [7, 11) is 0. The number of carbonyl (C=O) groups is 1. The maximum atomic E-state index is 11.5. The van der Waals surface area contributed by atoms with Crippen molar-refractivity contribution in [3.8, 4) is 5.75 Å². The maximum absolute atomic E-state index is 11.5. The minimum atomic E-state index is -0.902. The van der Waals surface area contributed by atoms with E-state index in [1.165, 1.54) is 54.6 Å². The summed E-state index contributed by atoms with van der Waals surface area (Å²) in [5.74, 6) is -0.00910. The molecule has 0 radical (unpaired) electrons. The topological polar surface area (TPSA) is 49.8 Å². The summed E-state index contributed by atoms with van der Waals surface area (Å²) in [6.07, 6.45) is 4.94. The Balaban J connectivity index is 1.48. The minimum Gasteiger partial charge on any atom is -0.492 e. The van der Waals surface area contributed by atoms with Crippen molar-refractivity contribution in [2.45, 2.75) is 70.1 Å². The van der Waals surface area contributed by atoms with Crippen molar-refractivity contribution in [1.82, 2.24) is 4.90 Å². The summed E-state index contributed by atoms with van der Waals surface area (Å²) in [6.45, 7) is 13.5. The molecule has 3 aromatic rings. The van der Waals surface area contributed by atoms with Crippen molar-refractivity contribution in [2.75, 3.05) is 26.2 Å². The Kier molecular flexibility index (Phi) is 7.37. The van der Waals surface area contributed by atoms with Crippen molar-refractivity contribution in [2.24, 2.45) is 0 Å². The number of likely N-dealkylation sites (tertiary alicyclic amines) is 1. The molecule has 4 nitrogen and oxygen atoms in total. The fourth-order valence-corrected chi connectivity index (χ4v) is 6.24. The van der Waals surface area contributed by atoms with E-state index in [0.717, 1.165) is 24.3 Å². The van der Waals surface area contributed by atoms with E-state index in [1.807, 2.05) is 12.1 Å². The van der Waals surface area contributed by atoms with Gasteiger partial charge in [-0.25, -0.2) is 4.79 Å². The first-order chi connectivity index (χ1) is 18.1. The third-order valence-electron chi connectivity index (χ3n) is 8.79. The molecule has 2 aliphatic rings. The van der Waals surface area contributed by atoms with Gasteiger partial charge in [0.1, 0.15) is 12.4 Å². The van der Waals surface area contributed by atoms with Crippen LogP contribution < -0.4 is 4.74 Å². The Hall–Kier alpha value is -3.11. The molecule has 1 fully saturated rings. The van der Waals surface area contributed by atoms with Crippen LogP contribution >= 0.6 is 0 Å². The zero-order valence-electron chi connectivity index (χ0n) is 23.3. The van der Waals surface area contributed by atoms with Gasteiger partial charge in [-0.3, -0.25) is 4.90 Å². The molecule has 1 saturated heterocycles. The third-order valence-corrected chi connectivity index (χ3v) is 8.79. The monoisotopic (exact) mass is 511 g/mol. The molecular weight excluding hydrogens is 470 g/mol. The predicted octanol–water partition coefficient (Wildman–Crippen LogP) is 7.39. The normalized spacial score (nSPS) is 19.1. The standard InChI is InChI=1S/C34H41NO3/c1-33(2)17-18-34(3,4)30-23-27(13-16-29(30)33)31(24-7-9-26(10-8-24)32(36)37)25-11-14-28(15-12-25)38-22-21-35-19-5-6-20-35/h7-16,23,31H,5-6,17-22H2,1-4H3,(H,36,37). The van der Waals surface area contributed by atoms with Crippen LogP contribution in [0.2, 0.25) is 0 Å². The van der Waals surface area contributed by atoms with Crippen LogP contribution in [0.15, 0.2) is 66.7 Å². The molecule has 0 spiro atoms. The van der Waals surface area contributed by atoms with Gasteiger partial charge in [0.05, 0.1) is 5.56 Å². The SMILES string of the molecule is CC1(C)CCC(C)(C)c2cc(C(c3ccc(OCCN4CCCC4)cc3)c3ccc(C(=O)O)cc3)ccc21. The maximum Gasteiger partial charge on any atom is 0.335 e. The van der Waals surface area contributed by atoms with E-state index in [1.54, 1.807) is 12.1 Å². The number of ether oxygens (including phenoxy) is 1. The highest BCUT2D eigenvalue weighted by atomic mass is 16.5. The summed E-state index contributed by atoms with van der Waals surface area (Å²) in [5.41, 5.74) is 6.96. The molecule has 1 atom stereocenters. The van der Waals surface area contributed by atoms with Crippen LogP contribution in [0.25, 0.3) is 0 Å². The van der Waals surface area contributed by atoms with E-state index >= 15 is 0 Å². The lowest BCUT2D eigenvalue weighted by Crippen LogP contribution is -2.34. The second-order valence-electron chi connectivity index (χ2n) is 12.4. The van der Waals surface area contributed by atoms with Gasteiger partial charge < -0.3 is 9.84 Å². The van der Waals surface area contributed by atoms with Gasteiger partial charge in [-0.1, -0.05) is 70.2 Å². The highest BCUT2D eigenvalue weighted by molar-refractivity contribution is 5.87. The Bertz CT molecular complexity index is 1270. The van der Waals surface area contributed by atoms with Crippen LogP contribution in [0.5, 0.6) is 5.75 Å². The molecule has 5 rings (SSSR count). The van der Waals surface area contributed by atoms with E-state index in [0.29, 0.717) is 12.2 Å². The van der Waals surface area contributed by atoms with Crippen LogP contribution in [-0.4, -0.2) is 42.2 Å². The number of carboxylic acids is 1. The molecule has 1 heterocycles. The summed E-state index contributed by atoms with van der Waals surface area (Å²) < 4.78 is 6.07. The third kappa shape index (κ3) is 5.51. The van der Waals surface area contributed by atoms with Crippen molar-refractivity contribution < 1.29 is 14.6 Å². The highest BCUT2D eigenvalue weighted by Gasteiger charge is 2.37. The molecule has 0 saturated carbocycles. The smallest absolute Gasteiger partial charge is 0.335 e.